The fourth-order valence-electron chi connectivity index (χ4n) is 5.23. The molecule has 3 heterocycles. The highest BCUT2D eigenvalue weighted by Crippen LogP contribution is 2.28. The second-order valence-corrected chi connectivity index (χ2v) is 9.77. The molecule has 2 fully saturated rings. The van der Waals surface area contributed by atoms with E-state index < -0.39 is 0 Å². The number of rotatable bonds is 6. The molecule has 0 N–H and O–H groups in total. The topological polar surface area (TPSA) is 41.4 Å². The average molecular weight is 443 g/mol. The first-order chi connectivity index (χ1) is 16.1. The van der Waals surface area contributed by atoms with Crippen LogP contribution in [0, 0.1) is 19.8 Å². The van der Waals surface area contributed by atoms with E-state index in [1.165, 1.54) is 22.3 Å². The van der Waals surface area contributed by atoms with Gasteiger partial charge in [-0.15, -0.1) is 0 Å². The van der Waals surface area contributed by atoms with Gasteiger partial charge in [0, 0.05) is 43.4 Å². The largest absolute Gasteiger partial charge is 0.342 e. The van der Waals surface area contributed by atoms with Crippen LogP contribution in [0.25, 0.3) is 16.9 Å². The molecule has 2 aliphatic rings. The minimum atomic E-state index is 0.351. The van der Waals surface area contributed by atoms with Crippen LogP contribution in [0.3, 0.4) is 0 Å². The van der Waals surface area contributed by atoms with E-state index in [9.17, 15) is 4.79 Å². The quantitative estimate of drug-likeness (QED) is 0.540. The molecule has 0 aliphatic carbocycles. The number of aryl methyl sites for hydroxylation is 2. The molecule has 0 unspecified atom stereocenters. The van der Waals surface area contributed by atoms with Crippen molar-refractivity contribution in [3.63, 3.8) is 0 Å². The Balaban J connectivity index is 1.34. The predicted molar refractivity (Wildman–Crippen MR) is 132 cm³/mol. The lowest BCUT2D eigenvalue weighted by Crippen LogP contribution is -2.38. The lowest BCUT2D eigenvalue weighted by atomic mass is 9.95. The van der Waals surface area contributed by atoms with Crippen LogP contribution in [0.1, 0.15) is 42.4 Å². The third kappa shape index (κ3) is 4.88. The molecular formula is C28H34N4O. The zero-order valence-electron chi connectivity index (χ0n) is 19.8. The Morgan fingerprint density at radius 1 is 1.00 bits per heavy atom. The van der Waals surface area contributed by atoms with Crippen molar-refractivity contribution in [2.24, 2.45) is 5.92 Å². The van der Waals surface area contributed by atoms with Gasteiger partial charge in [-0.05, 0) is 69.3 Å². The lowest BCUT2D eigenvalue weighted by Gasteiger charge is -2.33. The van der Waals surface area contributed by atoms with E-state index in [0.29, 0.717) is 11.8 Å². The third-order valence-corrected chi connectivity index (χ3v) is 7.20. The summed E-state index contributed by atoms with van der Waals surface area (Å²) in [6, 6.07) is 17.1. The number of carbonyl (C=O) groups is 1. The highest BCUT2D eigenvalue weighted by Gasteiger charge is 2.27. The average Bonchev–Trinajstić information content (AvgIpc) is 3.43. The number of nitrogens with zero attached hydrogens (tertiary/aromatic N) is 4. The molecular weight excluding hydrogens is 408 g/mol. The molecule has 172 valence electrons. The van der Waals surface area contributed by atoms with E-state index in [0.717, 1.165) is 69.8 Å². The second kappa shape index (κ2) is 9.52. The number of benzene rings is 2. The van der Waals surface area contributed by atoms with E-state index >= 15 is 0 Å². The molecule has 0 atom stereocenters. The maximum Gasteiger partial charge on any atom is 0.222 e. The van der Waals surface area contributed by atoms with Crippen LogP contribution < -0.4 is 0 Å². The minimum absolute atomic E-state index is 0.351. The molecule has 5 rings (SSSR count). The Bertz CT molecular complexity index is 1110. The number of piperidine rings is 1. The molecule has 3 aromatic rings. The maximum absolute atomic E-state index is 12.0. The molecule has 5 heteroatoms. The van der Waals surface area contributed by atoms with Crippen molar-refractivity contribution in [2.75, 3.05) is 26.2 Å². The Morgan fingerprint density at radius 3 is 2.52 bits per heavy atom. The molecule has 0 bridgehead atoms. The summed E-state index contributed by atoms with van der Waals surface area (Å²) >= 11 is 0. The minimum Gasteiger partial charge on any atom is -0.342 e. The van der Waals surface area contributed by atoms with Gasteiger partial charge in [-0.1, -0.05) is 42.5 Å². The zero-order valence-corrected chi connectivity index (χ0v) is 19.8. The summed E-state index contributed by atoms with van der Waals surface area (Å²) in [7, 11) is 0. The van der Waals surface area contributed by atoms with E-state index in [4.69, 9.17) is 5.10 Å². The number of likely N-dealkylation sites (tertiary alicyclic amines) is 2. The van der Waals surface area contributed by atoms with Crippen molar-refractivity contribution in [1.82, 2.24) is 19.6 Å². The van der Waals surface area contributed by atoms with E-state index in [2.05, 4.69) is 83.1 Å². The third-order valence-electron chi connectivity index (χ3n) is 7.20. The van der Waals surface area contributed by atoms with E-state index in [-0.39, 0.29) is 0 Å². The van der Waals surface area contributed by atoms with Crippen molar-refractivity contribution < 1.29 is 4.79 Å². The first kappa shape index (κ1) is 21.9. The SMILES string of the molecule is Cc1ccc(C)c(-n2cc(CN3CCC(CN4CCCC4=O)CC3)c(-c3ccccc3)n2)c1. The fraction of sp³-hybridized carbons (Fsp3) is 0.429. The highest BCUT2D eigenvalue weighted by atomic mass is 16.2. The highest BCUT2D eigenvalue weighted by molar-refractivity contribution is 5.78. The molecule has 0 saturated carbocycles. The standard InChI is InChI=1S/C28H34N4O/c1-21-10-11-22(2)26(17-21)32-20-25(28(29-32)24-7-4-3-5-8-24)19-30-15-12-23(13-16-30)18-31-14-6-9-27(31)33/h3-5,7-8,10-11,17,20,23H,6,9,12-16,18-19H2,1-2H3. The van der Waals surface area contributed by atoms with Gasteiger partial charge in [0.25, 0.3) is 0 Å². The first-order valence-electron chi connectivity index (χ1n) is 12.3. The number of aromatic nitrogens is 2. The second-order valence-electron chi connectivity index (χ2n) is 9.77. The van der Waals surface area contributed by atoms with Crippen LogP contribution in [0.4, 0.5) is 0 Å². The van der Waals surface area contributed by atoms with Crippen LogP contribution >= 0.6 is 0 Å². The van der Waals surface area contributed by atoms with Gasteiger partial charge in [-0.3, -0.25) is 9.69 Å². The van der Waals surface area contributed by atoms with Crippen molar-refractivity contribution in [2.45, 2.75) is 46.1 Å². The summed E-state index contributed by atoms with van der Waals surface area (Å²) in [5.41, 5.74) is 7.13. The fourth-order valence-corrected chi connectivity index (χ4v) is 5.23. The molecule has 1 amide bonds. The smallest absolute Gasteiger partial charge is 0.222 e. The predicted octanol–water partition coefficient (Wildman–Crippen LogP) is 4.99. The summed E-state index contributed by atoms with van der Waals surface area (Å²) in [5, 5.41) is 5.06. The number of hydrogen-bond donors (Lipinski definition) is 0. The summed E-state index contributed by atoms with van der Waals surface area (Å²) in [6.45, 7) is 9.25. The Hall–Kier alpha value is -2.92. The zero-order chi connectivity index (χ0) is 22.8. The van der Waals surface area contributed by atoms with Crippen LogP contribution in [0.2, 0.25) is 0 Å². The Morgan fingerprint density at radius 2 is 1.79 bits per heavy atom. The normalized spacial score (nSPS) is 17.8. The van der Waals surface area contributed by atoms with Gasteiger partial charge in [0.05, 0.1) is 11.4 Å². The van der Waals surface area contributed by atoms with Gasteiger partial charge < -0.3 is 4.90 Å². The molecule has 33 heavy (non-hydrogen) atoms. The van der Waals surface area contributed by atoms with Gasteiger partial charge in [0.2, 0.25) is 5.91 Å². The Labute approximate surface area is 197 Å². The monoisotopic (exact) mass is 442 g/mol. The first-order valence-corrected chi connectivity index (χ1v) is 12.3. The summed E-state index contributed by atoms with van der Waals surface area (Å²) < 4.78 is 2.06. The van der Waals surface area contributed by atoms with E-state index in [1.807, 2.05) is 0 Å². The number of hydrogen-bond acceptors (Lipinski definition) is 3. The molecule has 2 aliphatic heterocycles. The van der Waals surface area contributed by atoms with Crippen molar-refractivity contribution >= 4 is 5.91 Å². The van der Waals surface area contributed by atoms with Gasteiger partial charge in [0.15, 0.2) is 0 Å². The van der Waals surface area contributed by atoms with Gasteiger partial charge in [-0.2, -0.15) is 5.10 Å². The van der Waals surface area contributed by atoms with Gasteiger partial charge in [-0.25, -0.2) is 4.68 Å². The lowest BCUT2D eigenvalue weighted by molar-refractivity contribution is -0.128. The molecule has 5 nitrogen and oxygen atoms in total. The van der Waals surface area contributed by atoms with Crippen LogP contribution in [-0.2, 0) is 11.3 Å². The molecule has 0 radical (unpaired) electrons. The summed E-state index contributed by atoms with van der Waals surface area (Å²) in [6.07, 6.45) is 6.32. The molecule has 2 saturated heterocycles. The van der Waals surface area contributed by atoms with Crippen LogP contribution in [0.5, 0.6) is 0 Å². The molecule has 0 spiro atoms. The van der Waals surface area contributed by atoms with Gasteiger partial charge in [0.1, 0.15) is 0 Å². The van der Waals surface area contributed by atoms with Crippen LogP contribution in [-0.4, -0.2) is 51.7 Å². The summed E-state index contributed by atoms with van der Waals surface area (Å²) in [4.78, 5) is 16.6. The number of amides is 1. The van der Waals surface area contributed by atoms with Crippen molar-refractivity contribution in [3.05, 3.63) is 71.4 Å². The maximum atomic E-state index is 12.0. The van der Waals surface area contributed by atoms with Gasteiger partial charge >= 0.3 is 0 Å². The van der Waals surface area contributed by atoms with E-state index in [1.54, 1.807) is 0 Å². The summed E-state index contributed by atoms with van der Waals surface area (Å²) in [5.74, 6) is 0.985. The van der Waals surface area contributed by atoms with Crippen molar-refractivity contribution in [1.29, 1.82) is 0 Å². The van der Waals surface area contributed by atoms with Crippen LogP contribution in [0.15, 0.2) is 54.7 Å². The van der Waals surface area contributed by atoms with Crippen molar-refractivity contribution in [3.8, 4) is 16.9 Å². The number of carbonyl (C=O) groups excluding carboxylic acids is 1. The molecule has 2 aromatic carbocycles. The Kier molecular flexibility index (Phi) is 6.32. The molecule has 1 aromatic heterocycles.